The first-order valence-electron chi connectivity index (χ1n) is 14.7. The van der Waals surface area contributed by atoms with Crippen molar-refractivity contribution >= 4 is 5.97 Å². The zero-order valence-electron chi connectivity index (χ0n) is 23.2. The van der Waals surface area contributed by atoms with E-state index in [9.17, 15) is 25.2 Å². The first-order valence-corrected chi connectivity index (χ1v) is 14.7. The van der Waals surface area contributed by atoms with Crippen molar-refractivity contribution in [1.82, 2.24) is 0 Å². The lowest BCUT2D eigenvalue weighted by atomic mass is 9.41. The lowest BCUT2D eigenvalue weighted by Crippen LogP contribution is -2.61. The minimum Gasteiger partial charge on any atom is -0.432 e. The minimum absolute atomic E-state index is 0.0227. The van der Waals surface area contributed by atoms with Crippen molar-refractivity contribution in [1.29, 1.82) is 0 Å². The maximum atomic E-state index is 13.9. The van der Waals surface area contributed by atoms with Crippen molar-refractivity contribution in [3.63, 3.8) is 0 Å². The van der Waals surface area contributed by atoms with E-state index in [1.807, 2.05) is 20.8 Å². The van der Waals surface area contributed by atoms with Crippen LogP contribution >= 0.6 is 0 Å². The van der Waals surface area contributed by atoms with Gasteiger partial charge in [-0.25, -0.2) is 0 Å². The van der Waals surface area contributed by atoms with Crippen LogP contribution in [0.3, 0.4) is 0 Å². The number of hydrogen-bond donors (Lipinski definition) is 4. The molecule has 0 aromatic heterocycles. The molecular weight excluding hydrogens is 492 g/mol. The highest BCUT2D eigenvalue weighted by molar-refractivity contribution is 5.77. The van der Waals surface area contributed by atoms with E-state index in [1.165, 1.54) is 6.42 Å². The predicted octanol–water partition coefficient (Wildman–Crippen LogP) is 2.26. The molecule has 0 unspecified atom stereocenters. The lowest BCUT2D eigenvalue weighted by molar-refractivity contribution is -0.298. The Kier molecular flexibility index (Phi) is 6.37. The van der Waals surface area contributed by atoms with E-state index < -0.39 is 54.5 Å². The van der Waals surface area contributed by atoms with Gasteiger partial charge in [0.2, 0.25) is 6.29 Å². The number of fused-ring (bicyclic) bond motifs is 4. The Hall–Kier alpha value is -0.810. The molecule has 0 radical (unpaired) electrons. The average Bonchev–Trinajstić information content (AvgIpc) is 3.29. The smallest absolute Gasteiger partial charge is 0.314 e. The van der Waals surface area contributed by atoms with Crippen LogP contribution in [0.1, 0.15) is 85.5 Å². The monoisotopic (exact) mass is 538 g/mol. The van der Waals surface area contributed by atoms with Crippen molar-refractivity contribution in [3.05, 3.63) is 0 Å². The fraction of sp³-hybridized carbons (Fsp3) is 0.966. The minimum atomic E-state index is -1.59. The van der Waals surface area contributed by atoms with Gasteiger partial charge in [-0.15, -0.1) is 0 Å². The van der Waals surface area contributed by atoms with Crippen LogP contribution in [0.15, 0.2) is 0 Å². The zero-order chi connectivity index (χ0) is 27.3. The zero-order valence-corrected chi connectivity index (χ0v) is 23.2. The summed E-state index contributed by atoms with van der Waals surface area (Å²) >= 11 is 0. The van der Waals surface area contributed by atoms with Crippen LogP contribution < -0.4 is 0 Å². The third-order valence-corrected chi connectivity index (χ3v) is 11.9. The van der Waals surface area contributed by atoms with Crippen molar-refractivity contribution in [2.75, 3.05) is 13.2 Å². The van der Waals surface area contributed by atoms with Gasteiger partial charge in [-0.2, -0.15) is 0 Å². The highest BCUT2D eigenvalue weighted by Gasteiger charge is 2.70. The molecule has 38 heavy (non-hydrogen) atoms. The number of hydrogen-bond acceptors (Lipinski definition) is 9. The number of rotatable bonds is 3. The lowest BCUT2D eigenvalue weighted by Gasteiger charge is -2.63. The summed E-state index contributed by atoms with van der Waals surface area (Å²) in [4.78, 5) is 13.9. The molecule has 12 atom stereocenters. The van der Waals surface area contributed by atoms with Crippen LogP contribution in [0.2, 0.25) is 0 Å². The first-order chi connectivity index (χ1) is 17.8. The summed E-state index contributed by atoms with van der Waals surface area (Å²) in [7, 11) is 0. The molecule has 216 valence electrons. The molecule has 2 spiro atoms. The molecule has 2 heterocycles. The molecule has 2 bridgehead atoms. The van der Waals surface area contributed by atoms with Gasteiger partial charge in [-0.1, -0.05) is 13.3 Å². The average molecular weight is 539 g/mol. The van der Waals surface area contributed by atoms with Gasteiger partial charge in [0, 0.05) is 0 Å². The number of aliphatic hydroxyl groups excluding tert-OH is 4. The van der Waals surface area contributed by atoms with E-state index >= 15 is 0 Å². The molecule has 9 nitrogen and oxygen atoms in total. The summed E-state index contributed by atoms with van der Waals surface area (Å²) in [6.07, 6.45) is 1.95. The second kappa shape index (κ2) is 8.84. The molecule has 9 heteroatoms. The number of ether oxygens (including phenoxy) is 4. The standard InChI is InChI=1S/C29H46O9/c1-25(2)35-15-29(38-25)14-28-11-8-18-26(3,19(28)7-6-16(29)12-28)9-5-10-27(18,4)24(34)37-23-22(33)21(32)20(31)17(13-30)36-23/h16-23,30-33H,5-15H2,1-4H3/t16-,17-,18+,19+,20-,21+,22-,23+,26-,27-,28+,29+/m1/s1. The molecule has 4 saturated carbocycles. The van der Waals surface area contributed by atoms with E-state index in [2.05, 4.69) is 6.92 Å². The van der Waals surface area contributed by atoms with E-state index in [4.69, 9.17) is 18.9 Å². The van der Waals surface area contributed by atoms with Gasteiger partial charge in [0.1, 0.15) is 24.4 Å². The van der Waals surface area contributed by atoms with E-state index in [1.54, 1.807) is 0 Å². The molecule has 2 aliphatic heterocycles. The predicted molar refractivity (Wildman–Crippen MR) is 134 cm³/mol. The van der Waals surface area contributed by atoms with Gasteiger partial charge in [0.15, 0.2) is 5.79 Å². The summed E-state index contributed by atoms with van der Waals surface area (Å²) in [6.45, 7) is 8.54. The van der Waals surface area contributed by atoms with Gasteiger partial charge in [-0.05, 0) is 101 Å². The van der Waals surface area contributed by atoms with Crippen molar-refractivity contribution < 1.29 is 44.2 Å². The molecule has 6 aliphatic rings. The van der Waals surface area contributed by atoms with Crippen LogP contribution in [0.4, 0.5) is 0 Å². The third-order valence-electron chi connectivity index (χ3n) is 11.9. The van der Waals surface area contributed by atoms with Crippen molar-refractivity contribution in [2.45, 2.75) is 128 Å². The highest BCUT2D eigenvalue weighted by Crippen LogP contribution is 2.74. The normalized spacial score (nSPS) is 55.4. The van der Waals surface area contributed by atoms with Gasteiger partial charge < -0.3 is 39.4 Å². The Morgan fingerprint density at radius 1 is 0.947 bits per heavy atom. The Morgan fingerprint density at radius 2 is 1.71 bits per heavy atom. The molecule has 0 aromatic rings. The number of carbonyl (C=O) groups excluding carboxylic acids is 1. The van der Waals surface area contributed by atoms with Crippen LogP contribution in [0.25, 0.3) is 0 Å². The Labute approximate surface area is 225 Å². The summed E-state index contributed by atoms with van der Waals surface area (Å²) in [5.41, 5.74) is -0.764. The molecule has 0 amide bonds. The second-order valence-corrected chi connectivity index (χ2v) is 14.4. The topological polar surface area (TPSA) is 135 Å². The fourth-order valence-electron chi connectivity index (χ4n) is 10.4. The Balaban J connectivity index is 1.23. The van der Waals surface area contributed by atoms with Crippen molar-refractivity contribution in [2.24, 2.45) is 34.0 Å². The molecule has 6 fully saturated rings. The van der Waals surface area contributed by atoms with Crippen LogP contribution in [0.5, 0.6) is 0 Å². The largest absolute Gasteiger partial charge is 0.432 e. The maximum absolute atomic E-state index is 13.9. The van der Waals surface area contributed by atoms with E-state index in [0.29, 0.717) is 24.9 Å². The third kappa shape index (κ3) is 3.79. The number of aliphatic hydroxyl groups is 4. The molecule has 0 aromatic carbocycles. The van der Waals surface area contributed by atoms with E-state index in [0.717, 1.165) is 44.9 Å². The summed E-state index contributed by atoms with van der Waals surface area (Å²) in [6, 6.07) is 0. The van der Waals surface area contributed by atoms with Crippen LogP contribution in [-0.2, 0) is 23.7 Å². The molecule has 2 saturated heterocycles. The van der Waals surface area contributed by atoms with E-state index in [-0.39, 0.29) is 22.3 Å². The molecule has 6 rings (SSSR count). The van der Waals surface area contributed by atoms with Crippen molar-refractivity contribution in [3.8, 4) is 0 Å². The highest BCUT2D eigenvalue weighted by atomic mass is 16.8. The van der Waals surface area contributed by atoms with Gasteiger partial charge in [-0.3, -0.25) is 4.79 Å². The summed E-state index contributed by atoms with van der Waals surface area (Å²) in [5.74, 6) is 0.173. The second-order valence-electron chi connectivity index (χ2n) is 14.4. The van der Waals surface area contributed by atoms with Gasteiger partial charge in [0.25, 0.3) is 0 Å². The molecular formula is C29H46O9. The van der Waals surface area contributed by atoms with Gasteiger partial charge >= 0.3 is 5.97 Å². The molecule has 4 N–H and O–H groups in total. The Morgan fingerprint density at radius 3 is 2.39 bits per heavy atom. The number of carbonyl (C=O) groups is 1. The SMILES string of the molecule is CC1(C)OC[C@]2(C[C@@]34CC[C@H]5[C@@](C)(CCC[C@@]5(C)C(=O)O[C@@H]5O[C@H](CO)[C@@H](O)[C@H](O)[C@H]5O)[C@@H]3CC[C@@H]2C4)O1. The maximum Gasteiger partial charge on any atom is 0.314 e. The molecule has 4 aliphatic carbocycles. The Bertz CT molecular complexity index is 954. The van der Waals surface area contributed by atoms with Crippen LogP contribution in [0, 0.1) is 34.0 Å². The number of esters is 1. The summed E-state index contributed by atoms with van der Waals surface area (Å²) < 4.78 is 24.0. The fourth-order valence-corrected chi connectivity index (χ4v) is 10.4. The van der Waals surface area contributed by atoms with Crippen LogP contribution in [-0.4, -0.2) is 81.7 Å². The quantitative estimate of drug-likeness (QED) is 0.399. The summed E-state index contributed by atoms with van der Waals surface area (Å²) in [5, 5.41) is 40.3. The van der Waals surface area contributed by atoms with Gasteiger partial charge in [0.05, 0.1) is 24.2 Å². The first kappa shape index (κ1) is 27.4.